The summed E-state index contributed by atoms with van der Waals surface area (Å²) >= 11 is 0. The molecule has 4 aliphatic carbocycles. The molecule has 0 aromatic rings. The molecule has 4 saturated carbocycles. The fraction of sp³-hybridized carbons (Fsp3) is 0.967. The second-order valence-corrected chi connectivity index (χ2v) is 17.6. The lowest BCUT2D eigenvalue weighted by molar-refractivity contribution is -0.181. The molecule has 0 heterocycles. The van der Waals surface area contributed by atoms with Crippen molar-refractivity contribution in [3.63, 3.8) is 0 Å². The van der Waals surface area contributed by atoms with Crippen molar-refractivity contribution < 1.29 is 46.1 Å². The van der Waals surface area contributed by atoms with Gasteiger partial charge in [0.25, 0.3) is 10.1 Å². The average molecular weight is 652 g/mol. The van der Waals surface area contributed by atoms with Crippen molar-refractivity contribution in [2.24, 2.45) is 46.3 Å². The SMILES string of the molecule is CC(C)OC1CCC2(C)C(C1)CC(O)C1C2CCC2(C)C(C(C)CCC(=O)NCCS(=O)(=O)OCOP(=O)(O)O)CCC12. The maximum Gasteiger partial charge on any atom is 0.471 e. The molecule has 4 rings (SSSR count). The fourth-order valence-electron chi connectivity index (χ4n) is 9.85. The summed E-state index contributed by atoms with van der Waals surface area (Å²) in [5.41, 5.74) is 0.398. The molecule has 4 aliphatic rings. The summed E-state index contributed by atoms with van der Waals surface area (Å²) < 4.78 is 48.9. The van der Waals surface area contributed by atoms with Gasteiger partial charge in [0.1, 0.15) is 0 Å². The van der Waals surface area contributed by atoms with Crippen molar-refractivity contribution in [3.05, 3.63) is 0 Å². The van der Waals surface area contributed by atoms with Crippen LogP contribution < -0.4 is 5.32 Å². The molecule has 1 amide bonds. The van der Waals surface area contributed by atoms with Crippen LogP contribution in [0.3, 0.4) is 0 Å². The Labute approximate surface area is 257 Å². The lowest BCUT2D eigenvalue weighted by Crippen LogP contribution is -2.58. The van der Waals surface area contributed by atoms with E-state index in [1.807, 2.05) is 0 Å². The number of nitrogens with one attached hydrogen (secondary N) is 1. The smallest absolute Gasteiger partial charge is 0.393 e. The molecule has 10 unspecified atom stereocenters. The van der Waals surface area contributed by atoms with Gasteiger partial charge >= 0.3 is 7.82 Å². The molecule has 10 atom stereocenters. The maximum atomic E-state index is 12.5. The van der Waals surface area contributed by atoms with E-state index in [1.165, 1.54) is 6.42 Å². The molecule has 250 valence electrons. The molecule has 0 bridgehead atoms. The van der Waals surface area contributed by atoms with Gasteiger partial charge in [0.2, 0.25) is 5.91 Å². The van der Waals surface area contributed by atoms with Crippen LogP contribution in [-0.2, 0) is 32.9 Å². The van der Waals surface area contributed by atoms with Crippen molar-refractivity contribution in [1.29, 1.82) is 0 Å². The third kappa shape index (κ3) is 8.23. The molecule has 0 saturated heterocycles. The summed E-state index contributed by atoms with van der Waals surface area (Å²) in [6, 6.07) is 0. The predicted molar refractivity (Wildman–Crippen MR) is 161 cm³/mol. The number of phosphoric acid groups is 1. The molecule has 4 fully saturated rings. The maximum absolute atomic E-state index is 12.5. The molecule has 13 heteroatoms. The first-order valence-electron chi connectivity index (χ1n) is 16.1. The number of aliphatic hydroxyl groups excluding tert-OH is 1. The minimum atomic E-state index is -4.84. The van der Waals surface area contributed by atoms with Crippen molar-refractivity contribution in [2.75, 3.05) is 19.1 Å². The second kappa shape index (κ2) is 13.6. The molecular weight excluding hydrogens is 597 g/mol. The predicted octanol–water partition coefficient (Wildman–Crippen LogP) is 4.36. The first kappa shape index (κ1) is 35.3. The highest BCUT2D eigenvalue weighted by molar-refractivity contribution is 7.86. The number of hydrogen-bond donors (Lipinski definition) is 4. The van der Waals surface area contributed by atoms with Gasteiger partial charge < -0.3 is 24.9 Å². The zero-order valence-electron chi connectivity index (χ0n) is 26.4. The van der Waals surface area contributed by atoms with E-state index in [0.717, 1.165) is 44.9 Å². The van der Waals surface area contributed by atoms with Crippen LogP contribution >= 0.6 is 7.82 Å². The highest BCUT2D eigenvalue weighted by Gasteiger charge is 2.63. The number of hydrogen-bond acceptors (Lipinski definition) is 8. The molecule has 4 N–H and O–H groups in total. The van der Waals surface area contributed by atoms with E-state index >= 15 is 0 Å². The minimum absolute atomic E-state index is 0.139. The molecular formula is C30H54NO10PS. The van der Waals surface area contributed by atoms with Gasteiger partial charge in [0.15, 0.2) is 6.79 Å². The van der Waals surface area contributed by atoms with E-state index in [2.05, 4.69) is 48.6 Å². The van der Waals surface area contributed by atoms with Crippen LogP contribution in [0.1, 0.15) is 98.8 Å². The third-order valence-electron chi connectivity index (χ3n) is 11.8. The van der Waals surface area contributed by atoms with Crippen LogP contribution in [0.25, 0.3) is 0 Å². The van der Waals surface area contributed by atoms with Crippen LogP contribution in [0.5, 0.6) is 0 Å². The van der Waals surface area contributed by atoms with E-state index in [9.17, 15) is 22.9 Å². The van der Waals surface area contributed by atoms with Crippen molar-refractivity contribution >= 4 is 23.8 Å². The fourth-order valence-corrected chi connectivity index (χ4v) is 10.8. The lowest BCUT2D eigenvalue weighted by Gasteiger charge is -2.62. The molecule has 11 nitrogen and oxygen atoms in total. The summed E-state index contributed by atoms with van der Waals surface area (Å²) in [4.78, 5) is 29.7. The number of carbonyl (C=O) groups is 1. The minimum Gasteiger partial charge on any atom is -0.393 e. The lowest BCUT2D eigenvalue weighted by atomic mass is 9.43. The molecule has 0 aromatic carbocycles. The van der Waals surface area contributed by atoms with Crippen LogP contribution in [0, 0.1) is 46.3 Å². The van der Waals surface area contributed by atoms with Gasteiger partial charge in [-0.1, -0.05) is 20.8 Å². The van der Waals surface area contributed by atoms with Crippen LogP contribution in [0.2, 0.25) is 0 Å². The van der Waals surface area contributed by atoms with Gasteiger partial charge in [0.05, 0.1) is 24.1 Å². The van der Waals surface area contributed by atoms with Gasteiger partial charge in [0, 0.05) is 13.0 Å². The van der Waals surface area contributed by atoms with Crippen LogP contribution in [-0.4, -0.2) is 66.6 Å². The molecule has 0 spiro atoms. The summed E-state index contributed by atoms with van der Waals surface area (Å²) in [7, 11) is -8.95. The number of carbonyl (C=O) groups excluding carboxylic acids is 1. The Morgan fingerprint density at radius 1 is 1.02 bits per heavy atom. The van der Waals surface area contributed by atoms with Crippen LogP contribution in [0.15, 0.2) is 0 Å². The van der Waals surface area contributed by atoms with Crippen molar-refractivity contribution in [1.82, 2.24) is 5.32 Å². The number of rotatable bonds is 13. The molecule has 0 aromatic heterocycles. The van der Waals surface area contributed by atoms with E-state index in [0.29, 0.717) is 48.0 Å². The average Bonchev–Trinajstić information content (AvgIpc) is 3.24. The van der Waals surface area contributed by atoms with Crippen molar-refractivity contribution in [2.45, 2.75) is 117 Å². The van der Waals surface area contributed by atoms with Gasteiger partial charge in [-0.15, -0.1) is 0 Å². The molecule has 43 heavy (non-hydrogen) atoms. The topological polar surface area (TPSA) is 169 Å². The van der Waals surface area contributed by atoms with E-state index in [-0.39, 0.29) is 41.9 Å². The Morgan fingerprint density at radius 3 is 2.37 bits per heavy atom. The Hall–Kier alpha value is -0.590. The van der Waals surface area contributed by atoms with Crippen molar-refractivity contribution in [3.8, 4) is 0 Å². The first-order chi connectivity index (χ1) is 19.9. The van der Waals surface area contributed by atoms with Gasteiger partial charge in [-0.05, 0) is 118 Å². The highest BCUT2D eigenvalue weighted by atomic mass is 32.2. The molecule has 0 aliphatic heterocycles. The van der Waals surface area contributed by atoms with Gasteiger partial charge in [-0.25, -0.2) is 8.75 Å². The Bertz CT molecular complexity index is 1130. The number of ether oxygens (including phenoxy) is 1. The number of amides is 1. The Kier molecular flexibility index (Phi) is 11.2. The largest absolute Gasteiger partial charge is 0.471 e. The zero-order chi connectivity index (χ0) is 31.8. The number of phosphoric ester groups is 1. The van der Waals surface area contributed by atoms with Crippen LogP contribution in [0.4, 0.5) is 0 Å². The molecule has 0 radical (unpaired) electrons. The van der Waals surface area contributed by atoms with Gasteiger partial charge in [-0.2, -0.15) is 8.42 Å². The number of fused-ring (bicyclic) bond motifs is 5. The third-order valence-corrected chi connectivity index (χ3v) is 13.4. The first-order valence-corrected chi connectivity index (χ1v) is 19.2. The Morgan fingerprint density at radius 2 is 1.70 bits per heavy atom. The summed E-state index contributed by atoms with van der Waals surface area (Å²) in [5.74, 6) is 1.90. The standard InChI is InChI=1S/C30H54NO10PS/c1-19(2)41-22-10-12-29(4)21(16-22)17-26(32)28-24-8-7-23(30(24,5)13-11-25(28)29)20(3)6-9-27(33)31-14-15-43(37,38)40-18-39-42(34,35)36/h19-26,28,32H,6-18H2,1-5H3,(H,31,33)(H2,34,35,36). The zero-order valence-corrected chi connectivity index (χ0v) is 28.2. The quantitative estimate of drug-likeness (QED) is 0.128. The van der Waals surface area contributed by atoms with E-state index in [4.69, 9.17) is 14.5 Å². The number of aliphatic hydroxyl groups is 1. The second-order valence-electron chi connectivity index (χ2n) is 14.6. The normalized spacial score (nSPS) is 38.7. The summed E-state index contributed by atoms with van der Waals surface area (Å²) in [5, 5.41) is 14.2. The van der Waals surface area contributed by atoms with E-state index in [1.54, 1.807) is 0 Å². The van der Waals surface area contributed by atoms with Gasteiger partial charge in [-0.3, -0.25) is 9.32 Å². The summed E-state index contributed by atoms with van der Waals surface area (Å²) in [6.07, 6.45) is 10.0. The van der Waals surface area contributed by atoms with E-state index < -0.39 is 30.5 Å². The highest BCUT2D eigenvalue weighted by Crippen LogP contribution is 2.68. The monoisotopic (exact) mass is 651 g/mol. The Balaban J connectivity index is 1.28. The summed E-state index contributed by atoms with van der Waals surface area (Å²) in [6.45, 7) is 10.1.